The number of hydrogen-bond acceptors (Lipinski definition) is 8. The van der Waals surface area contributed by atoms with E-state index >= 15 is 0 Å². The summed E-state index contributed by atoms with van der Waals surface area (Å²) in [4.78, 5) is 39.1. The number of nitrogens with zero attached hydrogens (tertiary/aromatic N) is 1. The van der Waals surface area contributed by atoms with E-state index in [9.17, 15) is 14.4 Å². The normalized spacial score (nSPS) is 15.7. The fraction of sp³-hybridized carbons (Fsp3) is 0.292. The van der Waals surface area contributed by atoms with Crippen molar-refractivity contribution in [2.24, 2.45) is 0 Å². The predicted octanol–water partition coefficient (Wildman–Crippen LogP) is 3.68. The first-order valence-corrected chi connectivity index (χ1v) is 11.6. The lowest BCUT2D eigenvalue weighted by Crippen LogP contribution is -2.37. The lowest BCUT2D eigenvalue weighted by atomic mass is 10.2. The summed E-state index contributed by atoms with van der Waals surface area (Å²) >= 11 is 0.862. The topological polar surface area (TPSA) is 103 Å². The zero-order valence-electron chi connectivity index (χ0n) is 18.8. The summed E-state index contributed by atoms with van der Waals surface area (Å²) in [6.07, 6.45) is 1.64. The van der Waals surface area contributed by atoms with Crippen LogP contribution in [0.5, 0.6) is 23.0 Å². The molecule has 9 nitrogen and oxygen atoms in total. The Balaban J connectivity index is 1.35. The van der Waals surface area contributed by atoms with Gasteiger partial charge in [-0.05, 0) is 67.6 Å². The Labute approximate surface area is 201 Å². The van der Waals surface area contributed by atoms with Crippen LogP contribution in [0, 0.1) is 0 Å². The molecule has 2 aliphatic heterocycles. The number of carbonyl (C=O) groups is 3. The van der Waals surface area contributed by atoms with Crippen LogP contribution in [-0.4, -0.2) is 55.0 Å². The van der Waals surface area contributed by atoms with Crippen molar-refractivity contribution < 1.29 is 33.3 Å². The summed E-state index contributed by atoms with van der Waals surface area (Å²) < 4.78 is 21.7. The van der Waals surface area contributed by atoms with Crippen LogP contribution in [0.15, 0.2) is 41.3 Å². The minimum atomic E-state index is -0.401. The van der Waals surface area contributed by atoms with Gasteiger partial charge in [0.2, 0.25) is 6.79 Å². The first kappa shape index (κ1) is 23.5. The zero-order valence-corrected chi connectivity index (χ0v) is 19.6. The van der Waals surface area contributed by atoms with Crippen LogP contribution < -0.4 is 24.3 Å². The number of thioether (sulfide) groups is 1. The molecule has 3 amide bonds. The third kappa shape index (κ3) is 5.12. The van der Waals surface area contributed by atoms with Gasteiger partial charge in [-0.3, -0.25) is 19.3 Å². The smallest absolute Gasteiger partial charge is 0.293 e. The molecule has 2 heterocycles. The van der Waals surface area contributed by atoms with E-state index in [4.69, 9.17) is 18.9 Å². The van der Waals surface area contributed by atoms with Crippen LogP contribution >= 0.6 is 11.8 Å². The van der Waals surface area contributed by atoms with Crippen molar-refractivity contribution in [1.29, 1.82) is 0 Å². The molecule has 0 saturated carbocycles. The standard InChI is InChI=1S/C24H24N2O7S/c1-3-30-17-8-6-16(13-20(17)31-4-2)22(27)25-9-10-26-23(28)21(34-24(26)29)12-15-5-7-18-19(11-15)33-14-32-18/h5-8,11-13H,3-4,9-10,14H2,1-2H3,(H,25,27)/b21-12-. The van der Waals surface area contributed by atoms with Gasteiger partial charge in [-0.15, -0.1) is 0 Å². The van der Waals surface area contributed by atoms with E-state index in [-0.39, 0.29) is 31.0 Å². The van der Waals surface area contributed by atoms with E-state index in [1.165, 1.54) is 0 Å². The third-order valence-electron chi connectivity index (χ3n) is 4.99. The Hall–Kier alpha value is -3.66. The second-order valence-corrected chi connectivity index (χ2v) is 8.22. The Morgan fingerprint density at radius 1 is 1.06 bits per heavy atom. The summed E-state index contributed by atoms with van der Waals surface area (Å²) in [6.45, 7) is 4.96. The van der Waals surface area contributed by atoms with E-state index in [1.54, 1.807) is 42.5 Å². The van der Waals surface area contributed by atoms with E-state index in [0.29, 0.717) is 46.7 Å². The van der Waals surface area contributed by atoms with Gasteiger partial charge in [0.15, 0.2) is 23.0 Å². The molecule has 0 aliphatic carbocycles. The van der Waals surface area contributed by atoms with Gasteiger partial charge in [0.05, 0.1) is 18.1 Å². The van der Waals surface area contributed by atoms with Crippen molar-refractivity contribution in [2.45, 2.75) is 13.8 Å². The number of ether oxygens (including phenoxy) is 4. The maximum atomic E-state index is 12.7. The largest absolute Gasteiger partial charge is 0.490 e. The van der Waals surface area contributed by atoms with Crippen molar-refractivity contribution in [1.82, 2.24) is 10.2 Å². The molecule has 0 bridgehead atoms. The van der Waals surface area contributed by atoms with Gasteiger partial charge in [0, 0.05) is 18.7 Å². The number of amides is 3. The van der Waals surface area contributed by atoms with E-state index in [2.05, 4.69) is 5.32 Å². The Morgan fingerprint density at radius 2 is 1.82 bits per heavy atom. The highest BCUT2D eigenvalue weighted by atomic mass is 32.2. The number of rotatable bonds is 9. The second-order valence-electron chi connectivity index (χ2n) is 7.23. The predicted molar refractivity (Wildman–Crippen MR) is 126 cm³/mol. The molecule has 34 heavy (non-hydrogen) atoms. The van der Waals surface area contributed by atoms with Gasteiger partial charge < -0.3 is 24.3 Å². The number of imide groups is 1. The lowest BCUT2D eigenvalue weighted by Gasteiger charge is -2.14. The molecule has 1 saturated heterocycles. The van der Waals surface area contributed by atoms with Crippen LogP contribution in [0.3, 0.4) is 0 Å². The second kappa shape index (κ2) is 10.5. The average molecular weight is 485 g/mol. The Bertz CT molecular complexity index is 1150. The van der Waals surface area contributed by atoms with Crippen molar-refractivity contribution in [3.05, 3.63) is 52.4 Å². The molecule has 1 N–H and O–H groups in total. The highest BCUT2D eigenvalue weighted by Crippen LogP contribution is 2.36. The summed E-state index contributed by atoms with van der Waals surface area (Å²) in [6, 6.07) is 10.2. The van der Waals surface area contributed by atoms with Crippen LogP contribution in [0.4, 0.5) is 4.79 Å². The summed E-state index contributed by atoms with van der Waals surface area (Å²) in [5, 5.41) is 2.36. The molecular formula is C24H24N2O7S. The van der Waals surface area contributed by atoms with Gasteiger partial charge in [0.25, 0.3) is 17.1 Å². The maximum absolute atomic E-state index is 12.7. The number of benzene rings is 2. The molecule has 10 heteroatoms. The number of nitrogens with one attached hydrogen (secondary N) is 1. The van der Waals surface area contributed by atoms with Crippen LogP contribution in [0.25, 0.3) is 6.08 Å². The maximum Gasteiger partial charge on any atom is 0.293 e. The minimum absolute atomic E-state index is 0.0598. The molecule has 178 valence electrons. The summed E-state index contributed by atoms with van der Waals surface area (Å²) in [7, 11) is 0. The molecule has 0 unspecified atom stereocenters. The molecule has 2 aliphatic rings. The Kier molecular flexibility index (Phi) is 7.27. The van der Waals surface area contributed by atoms with Gasteiger partial charge in [-0.25, -0.2) is 0 Å². The number of hydrogen-bond donors (Lipinski definition) is 1. The van der Waals surface area contributed by atoms with Crippen LogP contribution in [0.1, 0.15) is 29.8 Å². The first-order chi connectivity index (χ1) is 16.5. The molecule has 0 atom stereocenters. The van der Waals surface area contributed by atoms with E-state index < -0.39 is 5.91 Å². The molecule has 0 spiro atoms. The fourth-order valence-electron chi connectivity index (χ4n) is 3.42. The van der Waals surface area contributed by atoms with Crippen LogP contribution in [-0.2, 0) is 4.79 Å². The summed E-state index contributed by atoms with van der Waals surface area (Å²) in [5.41, 5.74) is 1.12. The monoisotopic (exact) mass is 484 g/mol. The number of carbonyl (C=O) groups excluding carboxylic acids is 3. The molecule has 2 aromatic carbocycles. The molecule has 0 radical (unpaired) electrons. The lowest BCUT2D eigenvalue weighted by molar-refractivity contribution is -0.122. The fourth-order valence-corrected chi connectivity index (χ4v) is 4.29. The van der Waals surface area contributed by atoms with Gasteiger partial charge in [-0.2, -0.15) is 0 Å². The molecule has 0 aromatic heterocycles. The summed E-state index contributed by atoms with van der Waals surface area (Å²) in [5.74, 6) is 1.54. The van der Waals surface area contributed by atoms with Crippen molar-refractivity contribution >= 4 is 34.9 Å². The van der Waals surface area contributed by atoms with Gasteiger partial charge in [-0.1, -0.05) is 6.07 Å². The first-order valence-electron chi connectivity index (χ1n) is 10.8. The SMILES string of the molecule is CCOc1ccc(C(=O)NCCN2C(=O)S/C(=C\c3ccc4c(c3)OCO4)C2=O)cc1OCC. The number of fused-ring (bicyclic) bond motifs is 1. The van der Waals surface area contributed by atoms with E-state index in [0.717, 1.165) is 22.2 Å². The highest BCUT2D eigenvalue weighted by Gasteiger charge is 2.34. The molecule has 4 rings (SSSR count). The Morgan fingerprint density at radius 3 is 2.62 bits per heavy atom. The van der Waals surface area contributed by atoms with Gasteiger partial charge in [0.1, 0.15) is 0 Å². The zero-order chi connectivity index (χ0) is 24.1. The average Bonchev–Trinajstić information content (AvgIpc) is 3.39. The highest BCUT2D eigenvalue weighted by molar-refractivity contribution is 8.18. The molecular weight excluding hydrogens is 460 g/mol. The van der Waals surface area contributed by atoms with Gasteiger partial charge >= 0.3 is 0 Å². The minimum Gasteiger partial charge on any atom is -0.490 e. The van der Waals surface area contributed by atoms with Crippen molar-refractivity contribution in [3.8, 4) is 23.0 Å². The third-order valence-corrected chi connectivity index (χ3v) is 5.90. The quantitative estimate of drug-likeness (QED) is 0.538. The van der Waals surface area contributed by atoms with Crippen LogP contribution in [0.2, 0.25) is 0 Å². The van der Waals surface area contributed by atoms with Crippen molar-refractivity contribution in [2.75, 3.05) is 33.1 Å². The molecule has 2 aromatic rings. The van der Waals surface area contributed by atoms with E-state index in [1.807, 2.05) is 13.8 Å². The van der Waals surface area contributed by atoms with Crippen molar-refractivity contribution in [3.63, 3.8) is 0 Å². The molecule has 1 fully saturated rings.